The van der Waals surface area contributed by atoms with E-state index in [0.717, 1.165) is 23.6 Å². The molecule has 1 aromatic heterocycles. The molecular formula is C20H30N4O5S. The van der Waals surface area contributed by atoms with Crippen molar-refractivity contribution in [2.45, 2.75) is 13.0 Å². The third kappa shape index (κ3) is 5.59. The molecule has 1 saturated heterocycles. The molecule has 1 N–H and O–H groups in total. The molecule has 10 heteroatoms. The maximum atomic E-state index is 12.3. The van der Waals surface area contributed by atoms with Gasteiger partial charge in [-0.15, -0.1) is 0 Å². The van der Waals surface area contributed by atoms with Crippen LogP contribution in [0.15, 0.2) is 36.7 Å². The van der Waals surface area contributed by atoms with Gasteiger partial charge >= 0.3 is 0 Å². The van der Waals surface area contributed by atoms with Gasteiger partial charge in [0, 0.05) is 57.3 Å². The summed E-state index contributed by atoms with van der Waals surface area (Å²) in [6.07, 6.45) is 3.67. The summed E-state index contributed by atoms with van der Waals surface area (Å²) in [6.45, 7) is 3.74. The highest BCUT2D eigenvalue weighted by atomic mass is 32.2. The normalized spacial score (nSPS) is 18.7. The lowest BCUT2D eigenvalue weighted by Gasteiger charge is -2.23. The molecule has 0 amide bonds. The average Bonchev–Trinajstić information content (AvgIpc) is 3.36. The molecule has 1 aromatic carbocycles. The topological polar surface area (TPSA) is 105 Å². The number of benzene rings is 1. The average molecular weight is 439 g/mol. The molecule has 2 atom stereocenters. The summed E-state index contributed by atoms with van der Waals surface area (Å²) in [5.41, 5.74) is 2.16. The van der Waals surface area contributed by atoms with E-state index < -0.39 is 10.0 Å². The van der Waals surface area contributed by atoms with Crippen molar-refractivity contribution in [2.75, 3.05) is 51.6 Å². The summed E-state index contributed by atoms with van der Waals surface area (Å²) >= 11 is 0. The molecule has 9 nitrogen and oxygen atoms in total. The number of aromatic nitrogens is 2. The van der Waals surface area contributed by atoms with Crippen LogP contribution in [0.3, 0.4) is 0 Å². The predicted octanol–water partition coefficient (Wildman–Crippen LogP) is 1.79. The number of nitrogens with zero attached hydrogens (tertiary/aromatic N) is 4. The van der Waals surface area contributed by atoms with Crippen molar-refractivity contribution in [1.82, 2.24) is 13.9 Å². The smallest absolute Gasteiger partial charge is 0.290 e. The fraction of sp³-hybridized carbons (Fsp3) is 0.500. The summed E-state index contributed by atoms with van der Waals surface area (Å²) < 4.78 is 33.6. The van der Waals surface area contributed by atoms with Gasteiger partial charge in [-0.05, 0) is 31.2 Å². The largest absolute Gasteiger partial charge is 0.483 e. The summed E-state index contributed by atoms with van der Waals surface area (Å²) in [6, 6.07) is 8.23. The second-order valence-electron chi connectivity index (χ2n) is 7.25. The molecular weight excluding hydrogens is 408 g/mol. The fourth-order valence-corrected chi connectivity index (χ4v) is 4.48. The van der Waals surface area contributed by atoms with E-state index in [4.69, 9.17) is 14.6 Å². The number of imidazole rings is 1. The van der Waals surface area contributed by atoms with Crippen LogP contribution in [0.5, 0.6) is 0 Å². The molecule has 0 saturated carbocycles. The van der Waals surface area contributed by atoms with E-state index in [0.29, 0.717) is 13.2 Å². The van der Waals surface area contributed by atoms with Gasteiger partial charge < -0.3 is 19.3 Å². The third-order valence-corrected chi connectivity index (χ3v) is 7.17. The minimum Gasteiger partial charge on any atom is -0.483 e. The first kappa shape index (κ1) is 23.8. The minimum absolute atomic E-state index is 0.0461. The number of carboxylic acid groups (broad SMARTS) is 1. The molecule has 30 heavy (non-hydrogen) atoms. The number of hydrogen-bond acceptors (Lipinski definition) is 6. The van der Waals surface area contributed by atoms with E-state index in [1.54, 1.807) is 20.3 Å². The number of hydrogen-bond donors (Lipinski definition) is 1. The Hall–Kier alpha value is -2.43. The van der Waals surface area contributed by atoms with Gasteiger partial charge in [0.25, 0.3) is 6.47 Å². The minimum atomic E-state index is -3.29. The van der Waals surface area contributed by atoms with E-state index >= 15 is 0 Å². The number of ether oxygens (including phenoxy) is 1. The molecule has 0 aliphatic carbocycles. The van der Waals surface area contributed by atoms with Crippen molar-refractivity contribution in [3.8, 4) is 11.4 Å². The zero-order chi connectivity index (χ0) is 22.3. The van der Waals surface area contributed by atoms with Crippen LogP contribution in [0.1, 0.15) is 13.0 Å². The molecule has 0 spiro atoms. The van der Waals surface area contributed by atoms with E-state index in [2.05, 4.69) is 52.7 Å². The van der Waals surface area contributed by atoms with Gasteiger partial charge in [-0.2, -0.15) is 0 Å². The maximum absolute atomic E-state index is 12.3. The van der Waals surface area contributed by atoms with Gasteiger partial charge in [0.2, 0.25) is 10.0 Å². The lowest BCUT2D eigenvalue weighted by Crippen LogP contribution is -2.32. The summed E-state index contributed by atoms with van der Waals surface area (Å²) in [5, 5.41) is 6.89. The van der Waals surface area contributed by atoms with Crippen molar-refractivity contribution in [2.24, 2.45) is 5.92 Å². The number of carbonyl (C=O) groups is 1. The second kappa shape index (κ2) is 10.6. The lowest BCUT2D eigenvalue weighted by molar-refractivity contribution is -0.122. The Balaban J connectivity index is 0.00000101. The molecule has 0 unspecified atom stereocenters. The van der Waals surface area contributed by atoms with E-state index in [1.165, 1.54) is 4.31 Å². The van der Waals surface area contributed by atoms with Crippen LogP contribution >= 0.6 is 0 Å². The van der Waals surface area contributed by atoms with Crippen molar-refractivity contribution in [1.29, 1.82) is 0 Å². The van der Waals surface area contributed by atoms with Crippen LogP contribution < -0.4 is 4.90 Å². The monoisotopic (exact) mass is 438 g/mol. The van der Waals surface area contributed by atoms with Crippen LogP contribution in [0.4, 0.5) is 5.69 Å². The highest BCUT2D eigenvalue weighted by molar-refractivity contribution is 7.89. The molecule has 1 aliphatic rings. The molecule has 0 bridgehead atoms. The highest BCUT2D eigenvalue weighted by Crippen LogP contribution is 2.32. The number of anilines is 1. The lowest BCUT2D eigenvalue weighted by atomic mass is 10.1. The Labute approximate surface area is 177 Å². The Morgan fingerprint density at radius 3 is 2.43 bits per heavy atom. The summed E-state index contributed by atoms with van der Waals surface area (Å²) in [7, 11) is 1.90. The van der Waals surface area contributed by atoms with E-state index in [9.17, 15) is 8.42 Å². The highest BCUT2D eigenvalue weighted by Gasteiger charge is 2.35. The van der Waals surface area contributed by atoms with Gasteiger partial charge in [-0.3, -0.25) is 4.79 Å². The maximum Gasteiger partial charge on any atom is 0.290 e. The molecule has 1 fully saturated rings. The first-order chi connectivity index (χ1) is 14.2. The Morgan fingerprint density at radius 2 is 1.87 bits per heavy atom. The van der Waals surface area contributed by atoms with Crippen molar-refractivity contribution in [3.05, 3.63) is 36.7 Å². The van der Waals surface area contributed by atoms with Crippen molar-refractivity contribution >= 4 is 22.2 Å². The predicted molar refractivity (Wildman–Crippen MR) is 116 cm³/mol. The molecule has 2 aromatic rings. The SMILES string of the molecule is CCN(C)c1ccc(-c2nccn2[C@@H]2COC[C@H]2CS(=O)(=O)N(C)C)cc1.O=CO. The van der Waals surface area contributed by atoms with Gasteiger partial charge in [0.1, 0.15) is 5.82 Å². The van der Waals surface area contributed by atoms with Crippen LogP contribution in [-0.4, -0.2) is 80.5 Å². The summed E-state index contributed by atoms with van der Waals surface area (Å²) in [4.78, 5) is 15.1. The van der Waals surface area contributed by atoms with E-state index in [-0.39, 0.29) is 24.2 Å². The third-order valence-electron chi connectivity index (χ3n) is 5.21. The van der Waals surface area contributed by atoms with Crippen LogP contribution in [0.2, 0.25) is 0 Å². The zero-order valence-electron chi connectivity index (χ0n) is 17.8. The van der Waals surface area contributed by atoms with E-state index in [1.807, 2.05) is 6.20 Å². The second-order valence-corrected chi connectivity index (χ2v) is 9.48. The fourth-order valence-electron chi connectivity index (χ4n) is 3.33. The Kier molecular flexibility index (Phi) is 8.39. The van der Waals surface area contributed by atoms with Crippen molar-refractivity contribution < 1.29 is 23.1 Å². The zero-order valence-corrected chi connectivity index (χ0v) is 18.6. The number of rotatable bonds is 7. The molecule has 166 valence electrons. The van der Waals surface area contributed by atoms with Gasteiger partial charge in [-0.1, -0.05) is 0 Å². The molecule has 0 radical (unpaired) electrons. The number of sulfonamides is 1. The quantitative estimate of drug-likeness (QED) is 0.657. The molecule has 1 aliphatic heterocycles. The Bertz CT molecular complexity index is 912. The van der Waals surface area contributed by atoms with Crippen LogP contribution in [0.25, 0.3) is 11.4 Å². The van der Waals surface area contributed by atoms with Crippen molar-refractivity contribution in [3.63, 3.8) is 0 Å². The Morgan fingerprint density at radius 1 is 1.23 bits per heavy atom. The van der Waals surface area contributed by atoms with Crippen LogP contribution in [0, 0.1) is 5.92 Å². The molecule has 3 rings (SSSR count). The first-order valence-corrected chi connectivity index (χ1v) is 11.3. The van der Waals surface area contributed by atoms with Crippen LogP contribution in [-0.2, 0) is 19.6 Å². The molecule has 2 heterocycles. The van der Waals surface area contributed by atoms with Gasteiger partial charge in [0.15, 0.2) is 0 Å². The van der Waals surface area contributed by atoms with Gasteiger partial charge in [0.05, 0.1) is 25.0 Å². The standard InChI is InChI=1S/C19H28N4O3S.CH2O2/c1-5-22(4)17-8-6-15(7-9-17)19-20-10-11-23(19)18-13-26-12-16(18)14-27(24,25)21(2)3;2-1-3/h6-11,16,18H,5,12-14H2,1-4H3;1H,(H,2,3)/t16-,18+;/m0./s1. The van der Waals surface area contributed by atoms with Gasteiger partial charge in [-0.25, -0.2) is 17.7 Å². The first-order valence-electron chi connectivity index (χ1n) is 9.65. The summed E-state index contributed by atoms with van der Waals surface area (Å²) in [5.74, 6) is 0.807.